The Balaban J connectivity index is 1.71. The Bertz CT molecular complexity index is 1850. The molecule has 1 fully saturated rings. The molecule has 0 bridgehead atoms. The predicted molar refractivity (Wildman–Crippen MR) is 184 cm³/mol. The van der Waals surface area contributed by atoms with Gasteiger partial charge in [-0.1, -0.05) is 23.2 Å². The van der Waals surface area contributed by atoms with E-state index in [1.807, 2.05) is 0 Å². The van der Waals surface area contributed by atoms with Crippen LogP contribution in [-0.4, -0.2) is 91.8 Å². The highest BCUT2D eigenvalue weighted by atomic mass is 17.5. The van der Waals surface area contributed by atoms with Crippen molar-refractivity contribution in [2.45, 2.75) is 37.6 Å². The second-order valence-electron chi connectivity index (χ2n) is 11.9. The van der Waals surface area contributed by atoms with Gasteiger partial charge in [-0.3, -0.25) is 4.79 Å². The Morgan fingerprint density at radius 3 is 1.37 bits per heavy atom. The summed E-state index contributed by atoms with van der Waals surface area (Å²) in [7, 11) is 1.08. The number of ether oxygens (including phenoxy) is 4. The second kappa shape index (κ2) is 18.3. The first-order valence-corrected chi connectivity index (χ1v) is 16.0. The fourth-order valence-corrected chi connectivity index (χ4v) is 5.63. The number of phenolic OH excluding ortho intramolecular Hbond substituents is 6. The van der Waals surface area contributed by atoms with Crippen LogP contribution in [0.3, 0.4) is 0 Å². The number of rotatable bonds is 14. The van der Waals surface area contributed by atoms with E-state index in [1.165, 1.54) is 66.8 Å². The summed E-state index contributed by atoms with van der Waals surface area (Å²) in [6.45, 7) is -0.409. The van der Waals surface area contributed by atoms with Gasteiger partial charge in [-0.05, 0) is 77.7 Å². The van der Waals surface area contributed by atoms with Crippen molar-refractivity contribution >= 4 is 42.1 Å². The van der Waals surface area contributed by atoms with Crippen molar-refractivity contribution in [2.75, 3.05) is 13.7 Å². The smallest absolute Gasteiger partial charge is 0.331 e. The maximum atomic E-state index is 13.4. The number of methoxy groups -OCH3 is 1. The van der Waals surface area contributed by atoms with Crippen molar-refractivity contribution in [3.63, 3.8) is 0 Å². The van der Waals surface area contributed by atoms with E-state index in [4.69, 9.17) is 24.2 Å². The number of phenols is 6. The Kier molecular flexibility index (Phi) is 13.6. The van der Waals surface area contributed by atoms with Crippen molar-refractivity contribution in [1.29, 1.82) is 0 Å². The minimum absolute atomic E-state index is 0.251. The van der Waals surface area contributed by atoms with Crippen LogP contribution in [0.4, 0.5) is 0 Å². The number of hydrogen-bond donors (Lipinski definition) is 7. The number of hydrogen-bond acceptors (Lipinski definition) is 17. The van der Waals surface area contributed by atoms with E-state index in [9.17, 15) is 49.8 Å². The zero-order valence-electron chi connectivity index (χ0n) is 28.4. The van der Waals surface area contributed by atoms with Gasteiger partial charge in [0.25, 0.3) is 0 Å². The van der Waals surface area contributed by atoms with Crippen LogP contribution >= 0.6 is 0 Å². The lowest BCUT2D eigenvalue weighted by Crippen LogP contribution is -2.56. The fourth-order valence-electron chi connectivity index (χ4n) is 5.63. The first-order chi connectivity index (χ1) is 25.7. The summed E-state index contributed by atoms with van der Waals surface area (Å²) in [5.41, 5.74) is -0.817. The first kappa shape index (κ1) is 40.2. The molecule has 0 amide bonds. The average molecular weight is 753 g/mol. The summed E-state index contributed by atoms with van der Waals surface area (Å²) in [5.74, 6) is -6.55. The predicted octanol–water partition coefficient (Wildman–Crippen LogP) is 3.86. The van der Waals surface area contributed by atoms with Crippen LogP contribution in [0.25, 0.3) is 18.2 Å². The molecular formula is C37H36O17. The molecule has 286 valence electrons. The Hall–Kier alpha value is -6.56. The molecule has 2 atom stereocenters. The molecule has 0 aliphatic heterocycles. The maximum absolute atomic E-state index is 13.4. The second-order valence-corrected chi connectivity index (χ2v) is 11.9. The van der Waals surface area contributed by atoms with Gasteiger partial charge in [0, 0.05) is 31.1 Å². The minimum Gasteiger partial charge on any atom is -0.504 e. The zero-order chi connectivity index (χ0) is 39.4. The summed E-state index contributed by atoms with van der Waals surface area (Å²) < 4.78 is 22.2. The van der Waals surface area contributed by atoms with Crippen molar-refractivity contribution in [3.05, 3.63) is 89.5 Å². The number of aromatic hydroxyl groups is 6. The lowest BCUT2D eigenvalue weighted by molar-refractivity contribution is -0.491. The molecule has 54 heavy (non-hydrogen) atoms. The van der Waals surface area contributed by atoms with Crippen molar-refractivity contribution in [3.8, 4) is 34.5 Å². The third kappa shape index (κ3) is 10.7. The van der Waals surface area contributed by atoms with E-state index in [1.54, 1.807) is 0 Å². The number of carbonyl (C=O) groups is 4. The van der Waals surface area contributed by atoms with Crippen molar-refractivity contribution in [2.24, 2.45) is 5.41 Å². The van der Waals surface area contributed by atoms with Gasteiger partial charge in [0.15, 0.2) is 40.6 Å². The van der Waals surface area contributed by atoms with Gasteiger partial charge in [0.2, 0.25) is 0 Å². The number of carbonyl (C=O) groups excluding carboxylic acids is 4. The molecule has 17 heteroatoms. The monoisotopic (exact) mass is 752 g/mol. The highest BCUT2D eigenvalue weighted by molar-refractivity contribution is 5.89. The lowest BCUT2D eigenvalue weighted by Gasteiger charge is -2.44. The molecule has 17 nitrogen and oxygen atoms in total. The number of esters is 4. The van der Waals surface area contributed by atoms with Crippen LogP contribution in [0, 0.1) is 5.41 Å². The Morgan fingerprint density at radius 2 is 1.02 bits per heavy atom. The van der Waals surface area contributed by atoms with Gasteiger partial charge in [-0.25, -0.2) is 24.5 Å². The topological polar surface area (TPSA) is 265 Å². The summed E-state index contributed by atoms with van der Waals surface area (Å²) in [6.07, 6.45) is 0.923. The van der Waals surface area contributed by atoms with E-state index >= 15 is 0 Å². The molecule has 0 aromatic heterocycles. The molecule has 1 aliphatic carbocycles. The molecule has 1 saturated carbocycles. The Labute approximate surface area is 306 Å². The van der Waals surface area contributed by atoms with Crippen LogP contribution in [0.15, 0.2) is 72.8 Å². The quantitative estimate of drug-likeness (QED) is 0.0234. The van der Waals surface area contributed by atoms with Crippen LogP contribution in [-0.2, 0) is 48.1 Å². The number of benzene rings is 3. The van der Waals surface area contributed by atoms with Gasteiger partial charge >= 0.3 is 23.9 Å². The molecule has 3 aromatic rings. The molecule has 0 heterocycles. The Morgan fingerprint density at radius 1 is 0.630 bits per heavy atom. The molecule has 0 saturated heterocycles. The van der Waals surface area contributed by atoms with Crippen molar-refractivity contribution < 1.29 is 83.9 Å². The van der Waals surface area contributed by atoms with Crippen LogP contribution in [0.5, 0.6) is 34.5 Å². The van der Waals surface area contributed by atoms with E-state index in [0.29, 0.717) is 0 Å². The summed E-state index contributed by atoms with van der Waals surface area (Å²) in [5, 5.41) is 70.7. The van der Waals surface area contributed by atoms with Gasteiger partial charge < -0.3 is 49.6 Å². The van der Waals surface area contributed by atoms with E-state index < -0.39 is 102 Å². The van der Waals surface area contributed by atoms with Gasteiger partial charge in [0.05, 0.1) is 19.1 Å². The standard InChI is InChI=1S/C37H36O17/c1-49-36(47)37(14-15-50-54-48)19-30(51-32(44)11-5-21-2-8-24(38)27(41)16-21)35(53-34(46)13-7-23-4-10-26(40)29(43)18-23)31(20-37)52-33(45)12-6-22-3-9-25(39)28(42)17-22/h2-13,16-18,30-31,35,38-43,48H,14-15,19-20H2,1H3/b11-5+,12-6+,13-7+/t30-,31-,35?,37?/m1/s1. The highest BCUT2D eigenvalue weighted by Gasteiger charge is 2.55. The van der Waals surface area contributed by atoms with Gasteiger partial charge in [0.1, 0.15) is 12.2 Å². The minimum atomic E-state index is -1.66. The van der Waals surface area contributed by atoms with E-state index in [0.717, 1.165) is 31.4 Å². The first-order valence-electron chi connectivity index (χ1n) is 16.0. The lowest BCUT2D eigenvalue weighted by atomic mass is 9.68. The summed E-state index contributed by atoms with van der Waals surface area (Å²) >= 11 is 0. The largest absolute Gasteiger partial charge is 0.504 e. The highest BCUT2D eigenvalue weighted by Crippen LogP contribution is 2.44. The average Bonchev–Trinajstić information content (AvgIpc) is 3.14. The normalized spacial score (nSPS) is 19.9. The maximum Gasteiger partial charge on any atom is 0.331 e. The molecule has 0 radical (unpaired) electrons. The molecule has 0 spiro atoms. The van der Waals surface area contributed by atoms with E-state index in [-0.39, 0.29) is 23.1 Å². The molecule has 7 N–H and O–H groups in total. The SMILES string of the molecule is COC(=O)C1(CCOOO)C[C@@H](OC(=O)/C=C/c2ccc(O)c(O)c2)C(OC(=O)/C=C/c2ccc(O)c(O)c2)[C@H](OC(=O)/C=C/c2ccc(O)c(O)c2)C1. The fraction of sp³-hybridized carbons (Fsp3) is 0.243. The van der Waals surface area contributed by atoms with E-state index in [2.05, 4.69) is 9.93 Å². The van der Waals surface area contributed by atoms with Gasteiger partial charge in [-0.15, -0.1) is 0 Å². The van der Waals surface area contributed by atoms with Crippen LogP contribution in [0.2, 0.25) is 0 Å². The molecular weight excluding hydrogens is 716 g/mol. The van der Waals surface area contributed by atoms with Crippen LogP contribution in [0.1, 0.15) is 36.0 Å². The molecule has 1 aliphatic rings. The van der Waals surface area contributed by atoms with Crippen LogP contribution < -0.4 is 0 Å². The molecule has 4 rings (SSSR count). The zero-order valence-corrected chi connectivity index (χ0v) is 28.4. The molecule has 0 unspecified atom stereocenters. The third-order valence-corrected chi connectivity index (χ3v) is 8.27. The van der Waals surface area contributed by atoms with Gasteiger partial charge in [-0.2, -0.15) is 0 Å². The summed E-state index contributed by atoms with van der Waals surface area (Å²) in [6, 6.07) is 11.2. The summed E-state index contributed by atoms with van der Waals surface area (Å²) in [4.78, 5) is 57.6. The van der Waals surface area contributed by atoms with Crippen molar-refractivity contribution in [1.82, 2.24) is 0 Å². The molecule has 3 aromatic carbocycles. The third-order valence-electron chi connectivity index (χ3n) is 8.27.